The summed E-state index contributed by atoms with van der Waals surface area (Å²) in [5, 5.41) is 0. The lowest BCUT2D eigenvalue weighted by Crippen LogP contribution is -2.32. The van der Waals surface area contributed by atoms with E-state index < -0.39 is 0 Å². The monoisotopic (exact) mass is 334 g/mol. The molecule has 20 heavy (non-hydrogen) atoms. The van der Waals surface area contributed by atoms with Gasteiger partial charge >= 0.3 is 0 Å². The molecule has 0 aliphatic rings. The van der Waals surface area contributed by atoms with Gasteiger partial charge in [-0.3, -0.25) is 14.9 Å². The maximum absolute atomic E-state index is 5.93. The molecule has 0 aliphatic heterocycles. The Hall–Kier alpha value is -1.30. The zero-order valence-electron chi connectivity index (χ0n) is 11.5. The number of rotatable bonds is 6. The van der Waals surface area contributed by atoms with Crippen molar-refractivity contribution in [1.29, 1.82) is 0 Å². The first-order chi connectivity index (χ1) is 9.70. The Morgan fingerprint density at radius 1 is 1.25 bits per heavy atom. The third-order valence-corrected chi connectivity index (χ3v) is 3.80. The lowest BCUT2D eigenvalue weighted by atomic mass is 10.1. The molecule has 0 spiro atoms. The summed E-state index contributed by atoms with van der Waals surface area (Å²) in [7, 11) is 2.10. The van der Waals surface area contributed by atoms with Gasteiger partial charge < -0.3 is 5.73 Å². The van der Waals surface area contributed by atoms with E-state index in [9.17, 15) is 0 Å². The molecule has 0 saturated carbocycles. The summed E-state index contributed by atoms with van der Waals surface area (Å²) < 4.78 is 0.982. The highest BCUT2D eigenvalue weighted by molar-refractivity contribution is 9.10. The van der Waals surface area contributed by atoms with E-state index in [1.165, 1.54) is 5.56 Å². The fourth-order valence-electron chi connectivity index (χ4n) is 2.19. The first-order valence-corrected chi connectivity index (χ1v) is 7.39. The Morgan fingerprint density at radius 3 is 2.65 bits per heavy atom. The van der Waals surface area contributed by atoms with Crippen molar-refractivity contribution < 1.29 is 0 Å². The molecule has 1 unspecified atom stereocenters. The molecule has 0 amide bonds. The SMILES string of the molecule is CN(CCc1ccncc1)C(CN)c1cncc(Br)c1. The molecule has 0 aliphatic carbocycles. The number of nitrogens with two attached hydrogens (primary N) is 1. The van der Waals surface area contributed by atoms with Crippen LogP contribution in [0.3, 0.4) is 0 Å². The van der Waals surface area contributed by atoms with Crippen LogP contribution >= 0.6 is 15.9 Å². The molecule has 0 bridgehead atoms. The zero-order chi connectivity index (χ0) is 14.4. The van der Waals surface area contributed by atoms with Crippen molar-refractivity contribution in [3.05, 3.63) is 58.6 Å². The van der Waals surface area contributed by atoms with Gasteiger partial charge in [0, 0.05) is 48.4 Å². The third-order valence-electron chi connectivity index (χ3n) is 3.37. The molecule has 2 rings (SSSR count). The first kappa shape index (κ1) is 15.1. The van der Waals surface area contributed by atoms with E-state index in [0.29, 0.717) is 6.54 Å². The number of halogens is 1. The van der Waals surface area contributed by atoms with Crippen LogP contribution in [0.2, 0.25) is 0 Å². The second-order valence-corrected chi connectivity index (χ2v) is 5.69. The molecule has 0 aromatic carbocycles. The van der Waals surface area contributed by atoms with Crippen molar-refractivity contribution in [3.63, 3.8) is 0 Å². The number of likely N-dealkylation sites (N-methyl/N-ethyl adjacent to an activating group) is 1. The topological polar surface area (TPSA) is 55.0 Å². The maximum atomic E-state index is 5.93. The number of hydrogen-bond donors (Lipinski definition) is 1. The summed E-state index contributed by atoms with van der Waals surface area (Å²) in [6.45, 7) is 1.52. The molecule has 2 heterocycles. The van der Waals surface area contributed by atoms with Crippen LogP contribution in [-0.2, 0) is 6.42 Å². The average Bonchev–Trinajstić information content (AvgIpc) is 2.47. The van der Waals surface area contributed by atoms with Gasteiger partial charge in [0.05, 0.1) is 0 Å². The summed E-state index contributed by atoms with van der Waals surface area (Å²) in [5.41, 5.74) is 8.36. The molecule has 5 heteroatoms. The maximum Gasteiger partial charge on any atom is 0.0483 e. The van der Waals surface area contributed by atoms with E-state index in [2.05, 4.69) is 43.9 Å². The number of aromatic nitrogens is 2. The fourth-order valence-corrected chi connectivity index (χ4v) is 2.57. The molecule has 106 valence electrons. The second-order valence-electron chi connectivity index (χ2n) is 4.77. The van der Waals surface area contributed by atoms with Gasteiger partial charge in [-0.1, -0.05) is 0 Å². The van der Waals surface area contributed by atoms with Gasteiger partial charge in [0.25, 0.3) is 0 Å². The van der Waals surface area contributed by atoms with Gasteiger partial charge in [0.1, 0.15) is 0 Å². The van der Waals surface area contributed by atoms with Crippen molar-refractivity contribution in [3.8, 4) is 0 Å². The Morgan fingerprint density at radius 2 is 2.00 bits per heavy atom. The minimum Gasteiger partial charge on any atom is -0.329 e. The quantitative estimate of drug-likeness (QED) is 0.881. The van der Waals surface area contributed by atoms with Crippen LogP contribution < -0.4 is 5.73 Å². The van der Waals surface area contributed by atoms with Crippen LogP contribution in [0.5, 0.6) is 0 Å². The van der Waals surface area contributed by atoms with E-state index >= 15 is 0 Å². The second kappa shape index (κ2) is 7.47. The van der Waals surface area contributed by atoms with Gasteiger partial charge in [0.2, 0.25) is 0 Å². The van der Waals surface area contributed by atoms with Crippen molar-refractivity contribution in [2.45, 2.75) is 12.5 Å². The summed E-state index contributed by atoms with van der Waals surface area (Å²) in [6, 6.07) is 6.35. The average molecular weight is 335 g/mol. The molecule has 2 aromatic rings. The summed E-state index contributed by atoms with van der Waals surface area (Å²) in [5.74, 6) is 0. The molecule has 2 aromatic heterocycles. The largest absolute Gasteiger partial charge is 0.329 e. The van der Waals surface area contributed by atoms with Crippen molar-refractivity contribution >= 4 is 15.9 Å². The van der Waals surface area contributed by atoms with Crippen LogP contribution in [-0.4, -0.2) is 35.0 Å². The van der Waals surface area contributed by atoms with E-state index in [1.807, 2.05) is 30.7 Å². The minimum absolute atomic E-state index is 0.182. The molecular weight excluding hydrogens is 316 g/mol. The minimum atomic E-state index is 0.182. The highest BCUT2D eigenvalue weighted by Gasteiger charge is 2.15. The van der Waals surface area contributed by atoms with Gasteiger partial charge in [-0.25, -0.2) is 0 Å². The zero-order valence-corrected chi connectivity index (χ0v) is 13.1. The summed E-state index contributed by atoms with van der Waals surface area (Å²) in [4.78, 5) is 10.5. The number of nitrogens with zero attached hydrogens (tertiary/aromatic N) is 3. The van der Waals surface area contributed by atoms with Crippen LogP contribution in [0.15, 0.2) is 47.5 Å². The van der Waals surface area contributed by atoms with E-state index in [4.69, 9.17) is 5.73 Å². The van der Waals surface area contributed by atoms with Gasteiger partial charge in [-0.15, -0.1) is 0 Å². The molecule has 0 fully saturated rings. The predicted molar refractivity (Wildman–Crippen MR) is 84.3 cm³/mol. The highest BCUT2D eigenvalue weighted by Crippen LogP contribution is 2.20. The van der Waals surface area contributed by atoms with Gasteiger partial charge in [-0.05, 0) is 58.7 Å². The lowest BCUT2D eigenvalue weighted by Gasteiger charge is -2.27. The normalized spacial score (nSPS) is 12.6. The first-order valence-electron chi connectivity index (χ1n) is 6.60. The third kappa shape index (κ3) is 4.10. The lowest BCUT2D eigenvalue weighted by molar-refractivity contribution is 0.253. The number of pyridine rings is 2. The number of hydrogen-bond acceptors (Lipinski definition) is 4. The van der Waals surface area contributed by atoms with Gasteiger partial charge in [-0.2, -0.15) is 0 Å². The molecule has 2 N–H and O–H groups in total. The highest BCUT2D eigenvalue weighted by atomic mass is 79.9. The van der Waals surface area contributed by atoms with E-state index in [0.717, 1.165) is 23.0 Å². The van der Waals surface area contributed by atoms with Crippen LogP contribution in [0.25, 0.3) is 0 Å². The summed E-state index contributed by atoms with van der Waals surface area (Å²) in [6.07, 6.45) is 8.30. The van der Waals surface area contributed by atoms with Crippen molar-refractivity contribution in [2.75, 3.05) is 20.1 Å². The smallest absolute Gasteiger partial charge is 0.0483 e. The Bertz CT molecular complexity index is 532. The van der Waals surface area contributed by atoms with Crippen molar-refractivity contribution in [2.24, 2.45) is 5.73 Å². The molecule has 0 saturated heterocycles. The van der Waals surface area contributed by atoms with E-state index in [-0.39, 0.29) is 6.04 Å². The molecule has 1 atom stereocenters. The van der Waals surface area contributed by atoms with Gasteiger partial charge in [0.15, 0.2) is 0 Å². The molecular formula is C15H19BrN4. The predicted octanol–water partition coefficient (Wildman–Crippen LogP) is 2.41. The summed E-state index contributed by atoms with van der Waals surface area (Å²) >= 11 is 3.46. The Balaban J connectivity index is 2.00. The Kier molecular flexibility index (Phi) is 5.64. The molecule has 4 nitrogen and oxygen atoms in total. The van der Waals surface area contributed by atoms with Crippen LogP contribution in [0.1, 0.15) is 17.2 Å². The van der Waals surface area contributed by atoms with Crippen LogP contribution in [0, 0.1) is 0 Å². The van der Waals surface area contributed by atoms with Crippen molar-refractivity contribution in [1.82, 2.24) is 14.9 Å². The van der Waals surface area contributed by atoms with Crippen LogP contribution in [0.4, 0.5) is 0 Å². The fraction of sp³-hybridized carbons (Fsp3) is 0.333. The molecule has 0 radical (unpaired) electrons. The Labute approximate surface area is 128 Å². The standard InChI is InChI=1S/C15H19BrN4/c1-20(7-4-12-2-5-18-6-3-12)15(9-17)13-8-14(16)11-19-10-13/h2-3,5-6,8,10-11,15H,4,7,9,17H2,1H3. The van der Waals surface area contributed by atoms with E-state index in [1.54, 1.807) is 6.20 Å².